The minimum atomic E-state index is -0.284. The van der Waals surface area contributed by atoms with Crippen molar-refractivity contribution in [3.8, 4) is 0 Å². The molecule has 0 aliphatic rings. The van der Waals surface area contributed by atoms with Crippen LogP contribution in [-0.4, -0.2) is 38.0 Å². The monoisotopic (exact) mass is 334 g/mol. The minimum Gasteiger partial charge on any atom is -0.356 e. The van der Waals surface area contributed by atoms with Crippen molar-refractivity contribution in [2.24, 2.45) is 0 Å². The van der Waals surface area contributed by atoms with Gasteiger partial charge in [0.2, 0.25) is 5.91 Å². The number of carbonyl (C=O) groups excluding carboxylic acids is 1. The molecule has 3 nitrogen and oxygen atoms in total. The number of amides is 1. The molecule has 0 saturated heterocycles. The molecule has 0 saturated carbocycles. The summed E-state index contributed by atoms with van der Waals surface area (Å²) in [6.07, 6.45) is 1.55. The summed E-state index contributed by atoms with van der Waals surface area (Å²) in [6, 6.07) is 10.2. The average molecular weight is 334 g/mol. The number of hydrogen-bond acceptors (Lipinski definition) is 3. The molecule has 1 aromatic carbocycles. The number of hydrogen-bond donors (Lipinski definition) is 1. The predicted octanol–water partition coefficient (Wildman–Crippen LogP) is 3.28. The van der Waals surface area contributed by atoms with Crippen molar-refractivity contribution in [3.63, 3.8) is 0 Å². The number of carbonyl (C=O) groups is 1. The van der Waals surface area contributed by atoms with Gasteiger partial charge in [0.25, 0.3) is 0 Å². The lowest BCUT2D eigenvalue weighted by Gasteiger charge is -2.17. The van der Waals surface area contributed by atoms with E-state index in [-0.39, 0.29) is 17.6 Å². The van der Waals surface area contributed by atoms with Crippen molar-refractivity contribution in [1.29, 1.82) is 0 Å². The van der Waals surface area contributed by atoms with Gasteiger partial charge >= 0.3 is 0 Å². The zero-order chi connectivity index (χ0) is 16.7. The zero-order valence-electron chi connectivity index (χ0n) is 13.6. The van der Waals surface area contributed by atoms with Crippen LogP contribution in [0.25, 0.3) is 0 Å². The Balaban J connectivity index is 2.03. The third kappa shape index (κ3) is 5.77. The van der Waals surface area contributed by atoms with Crippen LogP contribution in [-0.2, 0) is 11.2 Å². The summed E-state index contributed by atoms with van der Waals surface area (Å²) in [5.41, 5.74) is 0.852. The lowest BCUT2D eigenvalue weighted by atomic mass is 9.94. The summed E-state index contributed by atoms with van der Waals surface area (Å²) in [5.74, 6) is -0.563. The maximum absolute atomic E-state index is 13.1. The number of benzene rings is 1. The quantitative estimate of drug-likeness (QED) is 0.752. The Bertz CT molecular complexity index is 596. The van der Waals surface area contributed by atoms with Crippen molar-refractivity contribution in [2.45, 2.75) is 18.8 Å². The van der Waals surface area contributed by atoms with Gasteiger partial charge in [-0.3, -0.25) is 4.79 Å². The molecule has 1 amide bonds. The third-order valence-corrected chi connectivity index (χ3v) is 4.55. The van der Waals surface area contributed by atoms with E-state index in [1.165, 1.54) is 12.1 Å². The highest BCUT2D eigenvalue weighted by molar-refractivity contribution is 7.09. The summed E-state index contributed by atoms with van der Waals surface area (Å²) in [4.78, 5) is 15.8. The van der Waals surface area contributed by atoms with E-state index in [0.717, 1.165) is 23.4 Å². The molecule has 0 radical (unpaired) electrons. The van der Waals surface area contributed by atoms with E-state index in [2.05, 4.69) is 10.2 Å². The largest absolute Gasteiger partial charge is 0.356 e. The summed E-state index contributed by atoms with van der Waals surface area (Å²) in [5, 5.41) is 5.01. The van der Waals surface area contributed by atoms with Crippen LogP contribution in [0.15, 0.2) is 41.8 Å². The lowest BCUT2D eigenvalue weighted by Crippen LogP contribution is -2.32. The van der Waals surface area contributed by atoms with Crippen LogP contribution in [0.2, 0.25) is 0 Å². The molecule has 2 aromatic rings. The average Bonchev–Trinajstić information content (AvgIpc) is 3.03. The Morgan fingerprint density at radius 1 is 1.26 bits per heavy atom. The van der Waals surface area contributed by atoms with E-state index in [1.54, 1.807) is 23.5 Å². The summed E-state index contributed by atoms with van der Waals surface area (Å²) in [6.45, 7) is 1.59. The van der Waals surface area contributed by atoms with Gasteiger partial charge in [-0.25, -0.2) is 4.39 Å². The van der Waals surface area contributed by atoms with E-state index >= 15 is 0 Å². The van der Waals surface area contributed by atoms with E-state index in [1.807, 2.05) is 31.6 Å². The molecule has 0 fully saturated rings. The second-order valence-corrected chi connectivity index (χ2v) is 6.87. The molecule has 1 unspecified atom stereocenters. The molecule has 124 valence electrons. The Labute approximate surface area is 141 Å². The number of nitrogens with zero attached hydrogens (tertiary/aromatic N) is 1. The summed E-state index contributed by atoms with van der Waals surface area (Å²) >= 11 is 1.64. The fourth-order valence-electron chi connectivity index (χ4n) is 2.42. The van der Waals surface area contributed by atoms with Gasteiger partial charge in [0, 0.05) is 11.4 Å². The highest BCUT2D eigenvalue weighted by atomic mass is 32.1. The maximum atomic E-state index is 13.1. The van der Waals surface area contributed by atoms with Crippen molar-refractivity contribution in [3.05, 3.63) is 58.0 Å². The van der Waals surface area contributed by atoms with Crippen molar-refractivity contribution in [1.82, 2.24) is 10.2 Å². The van der Waals surface area contributed by atoms with Gasteiger partial charge in [0.15, 0.2) is 0 Å². The Morgan fingerprint density at radius 2 is 2.00 bits per heavy atom. The van der Waals surface area contributed by atoms with Crippen LogP contribution in [0.3, 0.4) is 0 Å². The molecule has 23 heavy (non-hydrogen) atoms. The molecule has 1 heterocycles. The van der Waals surface area contributed by atoms with Gasteiger partial charge < -0.3 is 10.2 Å². The Hall–Kier alpha value is -1.72. The van der Waals surface area contributed by atoms with Crippen LogP contribution in [0.1, 0.15) is 22.8 Å². The van der Waals surface area contributed by atoms with Crippen molar-refractivity contribution in [2.75, 3.05) is 27.2 Å². The molecule has 1 atom stereocenters. The molecule has 0 aliphatic heterocycles. The van der Waals surface area contributed by atoms with Gasteiger partial charge in [-0.1, -0.05) is 18.2 Å². The topological polar surface area (TPSA) is 32.3 Å². The Morgan fingerprint density at radius 3 is 2.61 bits per heavy atom. The maximum Gasteiger partial charge on any atom is 0.227 e. The van der Waals surface area contributed by atoms with Crippen LogP contribution in [0.4, 0.5) is 4.39 Å². The molecule has 5 heteroatoms. The van der Waals surface area contributed by atoms with E-state index in [9.17, 15) is 9.18 Å². The number of halogens is 1. The van der Waals surface area contributed by atoms with Gasteiger partial charge in [-0.2, -0.15) is 0 Å². The SMILES string of the molecule is CN(C)CCCNC(=O)C(Cc1cccs1)c1ccc(F)cc1. The molecule has 0 aliphatic carbocycles. The first-order valence-electron chi connectivity index (χ1n) is 7.76. The third-order valence-electron chi connectivity index (χ3n) is 3.66. The molecule has 2 rings (SSSR count). The molecule has 0 spiro atoms. The molecule has 1 aromatic heterocycles. The second-order valence-electron chi connectivity index (χ2n) is 5.84. The fourth-order valence-corrected chi connectivity index (χ4v) is 3.17. The van der Waals surface area contributed by atoms with Crippen LogP contribution in [0.5, 0.6) is 0 Å². The van der Waals surface area contributed by atoms with Gasteiger partial charge in [0.1, 0.15) is 5.82 Å². The standard InChI is InChI=1S/C18H23FN2OS/c1-21(2)11-4-10-20-18(22)17(13-16-5-3-12-23-16)14-6-8-15(19)9-7-14/h3,5-9,12,17H,4,10-11,13H2,1-2H3,(H,20,22). The normalized spacial score (nSPS) is 12.3. The van der Waals surface area contributed by atoms with E-state index in [4.69, 9.17) is 0 Å². The van der Waals surface area contributed by atoms with Crippen molar-refractivity contribution >= 4 is 17.2 Å². The van der Waals surface area contributed by atoms with Gasteiger partial charge in [0.05, 0.1) is 5.92 Å². The molecule has 1 N–H and O–H groups in total. The van der Waals surface area contributed by atoms with Crippen LogP contribution >= 0.6 is 11.3 Å². The minimum absolute atomic E-state index is 0.00349. The highest BCUT2D eigenvalue weighted by Crippen LogP contribution is 2.24. The summed E-state index contributed by atoms with van der Waals surface area (Å²) < 4.78 is 13.1. The molecular weight excluding hydrogens is 311 g/mol. The molecular formula is C18H23FN2OS. The first-order valence-corrected chi connectivity index (χ1v) is 8.64. The smallest absolute Gasteiger partial charge is 0.227 e. The Kier molecular flexibility index (Phi) is 6.74. The molecule has 0 bridgehead atoms. The van der Waals surface area contributed by atoms with Crippen molar-refractivity contribution < 1.29 is 9.18 Å². The number of nitrogens with one attached hydrogen (secondary N) is 1. The van der Waals surface area contributed by atoms with E-state index in [0.29, 0.717) is 13.0 Å². The highest BCUT2D eigenvalue weighted by Gasteiger charge is 2.21. The first kappa shape index (κ1) is 17.6. The van der Waals surface area contributed by atoms with Gasteiger partial charge in [-0.05, 0) is 62.6 Å². The number of thiophene rings is 1. The van der Waals surface area contributed by atoms with E-state index < -0.39 is 0 Å². The second kappa shape index (κ2) is 8.79. The zero-order valence-corrected chi connectivity index (χ0v) is 14.4. The van der Waals surface area contributed by atoms with Crippen LogP contribution < -0.4 is 5.32 Å². The van der Waals surface area contributed by atoms with Gasteiger partial charge in [-0.15, -0.1) is 11.3 Å². The summed E-state index contributed by atoms with van der Waals surface area (Å²) in [7, 11) is 4.03. The number of rotatable bonds is 8. The van der Waals surface area contributed by atoms with Crippen LogP contribution in [0, 0.1) is 5.82 Å². The lowest BCUT2D eigenvalue weighted by molar-refractivity contribution is -0.122. The first-order chi connectivity index (χ1) is 11.1. The fraction of sp³-hybridized carbons (Fsp3) is 0.389. The predicted molar refractivity (Wildman–Crippen MR) is 93.3 cm³/mol.